The lowest BCUT2D eigenvalue weighted by Gasteiger charge is -2.32. The number of aryl methyl sites for hydroxylation is 1. The van der Waals surface area contributed by atoms with E-state index in [9.17, 15) is 4.79 Å². The largest absolute Gasteiger partial charge is 0.438 e. The average Bonchev–Trinajstić information content (AvgIpc) is 3.00. The van der Waals surface area contributed by atoms with E-state index >= 15 is 0 Å². The molecule has 1 aliphatic heterocycles. The van der Waals surface area contributed by atoms with Crippen LogP contribution in [0.3, 0.4) is 0 Å². The second-order valence-electron chi connectivity index (χ2n) is 5.69. The number of hydrogen-bond acceptors (Lipinski definition) is 6. The van der Waals surface area contributed by atoms with E-state index in [0.717, 1.165) is 11.5 Å². The summed E-state index contributed by atoms with van der Waals surface area (Å²) in [6.07, 6.45) is 1.05. The van der Waals surface area contributed by atoms with E-state index in [1.807, 2.05) is 37.2 Å². The molecule has 1 fully saturated rings. The molecule has 23 heavy (non-hydrogen) atoms. The fraction of sp³-hybridized carbons (Fsp3) is 0.438. The van der Waals surface area contributed by atoms with Gasteiger partial charge in [0.1, 0.15) is 11.9 Å². The normalized spacial score (nSPS) is 18.0. The lowest BCUT2D eigenvalue weighted by atomic mass is 10.1. The van der Waals surface area contributed by atoms with Crippen LogP contribution in [0.4, 0.5) is 5.82 Å². The number of aromatic nitrogens is 2. The van der Waals surface area contributed by atoms with Crippen molar-refractivity contribution in [3.05, 3.63) is 41.7 Å². The van der Waals surface area contributed by atoms with Crippen molar-refractivity contribution in [3.8, 4) is 0 Å². The number of oxazole rings is 1. The summed E-state index contributed by atoms with van der Waals surface area (Å²) in [7, 11) is 3.88. The molecule has 0 saturated carbocycles. The minimum Gasteiger partial charge on any atom is -0.438 e. The summed E-state index contributed by atoms with van der Waals surface area (Å²) < 4.78 is 11.0. The lowest BCUT2D eigenvalue weighted by molar-refractivity contribution is -0.0256. The van der Waals surface area contributed by atoms with Crippen LogP contribution in [0.1, 0.15) is 28.0 Å². The maximum atomic E-state index is 12.5. The maximum absolute atomic E-state index is 12.5. The number of rotatable bonds is 3. The predicted molar refractivity (Wildman–Crippen MR) is 84.4 cm³/mol. The number of morpholine rings is 1. The van der Waals surface area contributed by atoms with Gasteiger partial charge >= 0.3 is 0 Å². The smallest absolute Gasteiger partial charge is 0.291 e. The molecule has 0 N–H and O–H groups in total. The van der Waals surface area contributed by atoms with E-state index < -0.39 is 0 Å². The molecular weight excluding hydrogens is 296 g/mol. The third-order valence-corrected chi connectivity index (χ3v) is 3.84. The fourth-order valence-electron chi connectivity index (χ4n) is 2.53. The van der Waals surface area contributed by atoms with Crippen molar-refractivity contribution in [1.29, 1.82) is 0 Å². The van der Waals surface area contributed by atoms with Gasteiger partial charge in [-0.05, 0) is 19.1 Å². The standard InChI is InChI=1S/C16H20N4O3/c1-11-15(23-10-17-11)16(21)20-7-8-22-13(9-20)12-5-4-6-14(18-12)19(2)3/h4-6,10,13H,7-9H2,1-3H3/t13-/m0/s1. The number of hydrogen-bond donors (Lipinski definition) is 0. The Balaban J connectivity index is 1.77. The number of nitrogens with zero attached hydrogens (tertiary/aromatic N) is 4. The van der Waals surface area contributed by atoms with Crippen molar-refractivity contribution < 1.29 is 13.9 Å². The van der Waals surface area contributed by atoms with Gasteiger partial charge in [-0.25, -0.2) is 9.97 Å². The highest BCUT2D eigenvalue weighted by Crippen LogP contribution is 2.24. The number of carbonyl (C=O) groups is 1. The molecule has 1 amide bonds. The van der Waals surface area contributed by atoms with Gasteiger partial charge in [-0.1, -0.05) is 6.07 Å². The number of carbonyl (C=O) groups excluding carboxylic acids is 1. The topological polar surface area (TPSA) is 71.7 Å². The van der Waals surface area contributed by atoms with Crippen molar-refractivity contribution in [2.45, 2.75) is 13.0 Å². The molecule has 2 aromatic heterocycles. The third-order valence-electron chi connectivity index (χ3n) is 3.84. The van der Waals surface area contributed by atoms with Crippen LogP contribution in [0.25, 0.3) is 0 Å². The molecule has 7 nitrogen and oxygen atoms in total. The summed E-state index contributed by atoms with van der Waals surface area (Å²) in [5.41, 5.74) is 1.42. The fourth-order valence-corrected chi connectivity index (χ4v) is 2.53. The number of amides is 1. The monoisotopic (exact) mass is 316 g/mol. The molecule has 0 bridgehead atoms. The molecule has 3 heterocycles. The highest BCUT2D eigenvalue weighted by molar-refractivity contribution is 5.92. The Morgan fingerprint density at radius 1 is 1.39 bits per heavy atom. The van der Waals surface area contributed by atoms with Crippen LogP contribution < -0.4 is 4.90 Å². The van der Waals surface area contributed by atoms with Crippen molar-refractivity contribution in [1.82, 2.24) is 14.9 Å². The first-order valence-electron chi connectivity index (χ1n) is 7.51. The second-order valence-corrected chi connectivity index (χ2v) is 5.69. The van der Waals surface area contributed by atoms with Crippen LogP contribution in [0.2, 0.25) is 0 Å². The van der Waals surface area contributed by atoms with Crippen LogP contribution in [0.5, 0.6) is 0 Å². The molecule has 1 atom stereocenters. The van der Waals surface area contributed by atoms with Crippen LogP contribution in [-0.2, 0) is 4.74 Å². The van der Waals surface area contributed by atoms with Gasteiger partial charge in [-0.15, -0.1) is 0 Å². The average molecular weight is 316 g/mol. The van der Waals surface area contributed by atoms with Crippen LogP contribution in [-0.4, -0.2) is 54.6 Å². The number of pyridine rings is 1. The van der Waals surface area contributed by atoms with Crippen LogP contribution in [0.15, 0.2) is 29.0 Å². The molecule has 0 spiro atoms. The molecule has 2 aromatic rings. The highest BCUT2D eigenvalue weighted by Gasteiger charge is 2.29. The van der Waals surface area contributed by atoms with Crippen LogP contribution in [0, 0.1) is 6.92 Å². The predicted octanol–water partition coefficient (Wildman–Crippen LogP) is 1.66. The Labute approximate surface area is 134 Å². The second kappa shape index (κ2) is 6.37. The van der Waals surface area contributed by atoms with E-state index in [1.165, 1.54) is 6.39 Å². The van der Waals surface area contributed by atoms with Gasteiger partial charge in [0.15, 0.2) is 6.39 Å². The summed E-state index contributed by atoms with van der Waals surface area (Å²) in [5.74, 6) is 0.998. The Morgan fingerprint density at radius 2 is 2.22 bits per heavy atom. The first kappa shape index (κ1) is 15.5. The molecule has 3 rings (SSSR count). The minimum atomic E-state index is -0.240. The van der Waals surface area contributed by atoms with E-state index in [0.29, 0.717) is 31.2 Å². The lowest BCUT2D eigenvalue weighted by Crippen LogP contribution is -2.42. The van der Waals surface area contributed by atoms with Crippen molar-refractivity contribution >= 4 is 11.7 Å². The van der Waals surface area contributed by atoms with E-state index in [4.69, 9.17) is 9.15 Å². The first-order chi connectivity index (χ1) is 11.1. The zero-order valence-corrected chi connectivity index (χ0v) is 13.5. The SMILES string of the molecule is Cc1ncoc1C(=O)N1CCO[C@H](c2cccc(N(C)C)n2)C1. The summed E-state index contributed by atoms with van der Waals surface area (Å²) in [5, 5.41) is 0. The van der Waals surface area contributed by atoms with Gasteiger partial charge in [-0.2, -0.15) is 0 Å². The summed E-state index contributed by atoms with van der Waals surface area (Å²) in [6, 6.07) is 5.81. The Bertz CT molecular complexity index is 698. The Morgan fingerprint density at radius 3 is 2.91 bits per heavy atom. The molecule has 0 aliphatic carbocycles. The number of anilines is 1. The molecule has 1 aliphatic rings. The highest BCUT2D eigenvalue weighted by atomic mass is 16.5. The van der Waals surface area contributed by atoms with Crippen molar-refractivity contribution in [3.63, 3.8) is 0 Å². The summed E-state index contributed by atoms with van der Waals surface area (Å²) >= 11 is 0. The van der Waals surface area contributed by atoms with Gasteiger partial charge in [0.2, 0.25) is 5.76 Å². The molecular formula is C16H20N4O3. The summed E-state index contributed by atoms with van der Waals surface area (Å²) in [6.45, 7) is 3.21. The van der Waals surface area contributed by atoms with E-state index in [1.54, 1.807) is 11.8 Å². The van der Waals surface area contributed by atoms with Gasteiger partial charge in [0.25, 0.3) is 5.91 Å². The summed E-state index contributed by atoms with van der Waals surface area (Å²) in [4.78, 5) is 24.8. The Kier molecular flexibility index (Phi) is 4.29. The molecule has 0 radical (unpaired) electrons. The zero-order chi connectivity index (χ0) is 16.4. The van der Waals surface area contributed by atoms with E-state index in [2.05, 4.69) is 9.97 Å². The minimum absolute atomic E-state index is 0.155. The van der Waals surface area contributed by atoms with Gasteiger partial charge in [-0.3, -0.25) is 4.79 Å². The molecule has 122 valence electrons. The zero-order valence-electron chi connectivity index (χ0n) is 13.5. The molecule has 7 heteroatoms. The maximum Gasteiger partial charge on any atom is 0.291 e. The third kappa shape index (κ3) is 3.19. The van der Waals surface area contributed by atoms with Gasteiger partial charge in [0, 0.05) is 20.6 Å². The molecule has 0 aromatic carbocycles. The van der Waals surface area contributed by atoms with Gasteiger partial charge in [0.05, 0.1) is 24.5 Å². The van der Waals surface area contributed by atoms with Crippen LogP contribution >= 0.6 is 0 Å². The Hall–Kier alpha value is -2.41. The van der Waals surface area contributed by atoms with E-state index in [-0.39, 0.29) is 12.0 Å². The quantitative estimate of drug-likeness (QED) is 0.857. The molecule has 1 saturated heterocycles. The number of ether oxygens (including phenoxy) is 1. The van der Waals surface area contributed by atoms with Crippen molar-refractivity contribution in [2.24, 2.45) is 0 Å². The first-order valence-corrected chi connectivity index (χ1v) is 7.51. The van der Waals surface area contributed by atoms with Crippen molar-refractivity contribution in [2.75, 3.05) is 38.7 Å². The molecule has 0 unspecified atom stereocenters. The van der Waals surface area contributed by atoms with Gasteiger partial charge < -0.3 is 19.0 Å².